The summed E-state index contributed by atoms with van der Waals surface area (Å²) in [7, 11) is 0. The zero-order valence-corrected chi connectivity index (χ0v) is 28.5. The number of likely N-dealkylation sites (tertiary alicyclic amines) is 1. The number of aliphatic hydroxyl groups excluding tert-OH is 1. The Hall–Kier alpha value is -3.66. The van der Waals surface area contributed by atoms with Crippen molar-refractivity contribution in [1.29, 1.82) is 0 Å². The first-order valence-corrected chi connectivity index (χ1v) is 16.9. The molecule has 3 fully saturated rings. The summed E-state index contributed by atoms with van der Waals surface area (Å²) < 4.78 is 12.6. The Morgan fingerprint density at radius 3 is 2.34 bits per heavy atom. The second-order valence-corrected chi connectivity index (χ2v) is 13.0. The van der Waals surface area contributed by atoms with Gasteiger partial charge in [-0.2, -0.15) is 0 Å². The number of carbonyl (C=O) groups excluding carboxylic acids is 3. The highest BCUT2D eigenvalue weighted by Crippen LogP contribution is 2.65. The van der Waals surface area contributed by atoms with Crippen LogP contribution in [-0.4, -0.2) is 77.3 Å². The summed E-state index contributed by atoms with van der Waals surface area (Å²) in [6.07, 6.45) is 5.10. The predicted octanol–water partition coefficient (Wildman–Crippen LogP) is 5.71. The van der Waals surface area contributed by atoms with Gasteiger partial charge in [0.25, 0.3) is 5.91 Å². The number of aryl methyl sites for hydroxylation is 1. The number of anilines is 2. The van der Waals surface area contributed by atoms with Crippen molar-refractivity contribution in [3.63, 3.8) is 0 Å². The summed E-state index contributed by atoms with van der Waals surface area (Å²) in [6.45, 7) is 15.9. The van der Waals surface area contributed by atoms with Crippen LogP contribution in [0.4, 0.5) is 11.4 Å². The highest BCUT2D eigenvalue weighted by Gasteiger charge is 2.79. The number of fused-ring (bicyclic) bond motifs is 1. The minimum absolute atomic E-state index is 0.144. The van der Waals surface area contributed by atoms with E-state index in [1.54, 1.807) is 28.0 Å². The Morgan fingerprint density at radius 2 is 1.77 bits per heavy atom. The van der Waals surface area contributed by atoms with Gasteiger partial charge in [-0.05, 0) is 75.4 Å². The van der Waals surface area contributed by atoms with Crippen LogP contribution in [-0.2, 0) is 19.1 Å². The molecule has 2 bridgehead atoms. The standard InChI is InChI=1S/C37H46ClN3O6/c1-7-21-39(26-15-17-27(18-16-26)46-11-5)33(43)29-30-34(44)41(25(9-3)23-42)32(37(30)20-19-36(29,10-4)47-37)35(45)40(22-8-2)31-24(6)13-12-14-28(31)38/h7-8,12-18,25,29-30,32,42H,1-2,9-11,19-23H2,3-6H3/t25-,29+,30-,32?,36-,37?/m0/s1. The molecule has 2 aromatic carbocycles. The summed E-state index contributed by atoms with van der Waals surface area (Å²) in [5.41, 5.74) is -0.264. The van der Waals surface area contributed by atoms with Crippen molar-refractivity contribution in [2.24, 2.45) is 11.8 Å². The molecule has 6 atom stereocenters. The first-order chi connectivity index (χ1) is 22.6. The molecule has 0 radical (unpaired) electrons. The van der Waals surface area contributed by atoms with Crippen LogP contribution in [0.5, 0.6) is 5.75 Å². The molecule has 252 valence electrons. The number of benzene rings is 2. The van der Waals surface area contributed by atoms with Gasteiger partial charge in [0.15, 0.2) is 0 Å². The van der Waals surface area contributed by atoms with E-state index in [9.17, 15) is 14.7 Å². The maximum atomic E-state index is 15.0. The van der Waals surface area contributed by atoms with Crippen LogP contribution in [0.2, 0.25) is 5.02 Å². The number of halogens is 1. The van der Waals surface area contributed by atoms with E-state index < -0.39 is 35.1 Å². The Kier molecular flexibility index (Phi) is 10.2. The van der Waals surface area contributed by atoms with Crippen molar-refractivity contribution in [3.05, 3.63) is 78.4 Å². The fourth-order valence-corrected chi connectivity index (χ4v) is 8.48. The highest BCUT2D eigenvalue weighted by atomic mass is 35.5. The summed E-state index contributed by atoms with van der Waals surface area (Å²) >= 11 is 6.69. The van der Waals surface area contributed by atoms with Crippen LogP contribution < -0.4 is 14.5 Å². The highest BCUT2D eigenvalue weighted by molar-refractivity contribution is 6.34. The number of aliphatic hydroxyl groups is 1. The molecule has 3 aliphatic rings. The van der Waals surface area contributed by atoms with Crippen LogP contribution in [0.15, 0.2) is 67.8 Å². The minimum atomic E-state index is -1.28. The Morgan fingerprint density at radius 1 is 1.09 bits per heavy atom. The number of hydrogen-bond donors (Lipinski definition) is 1. The van der Waals surface area contributed by atoms with Gasteiger partial charge < -0.3 is 29.3 Å². The molecule has 0 saturated carbocycles. The number of para-hydroxylation sites is 1. The summed E-state index contributed by atoms with van der Waals surface area (Å²) in [5.74, 6) is -2.08. The minimum Gasteiger partial charge on any atom is -0.494 e. The molecule has 3 heterocycles. The van der Waals surface area contributed by atoms with Gasteiger partial charge in [0, 0.05) is 18.8 Å². The maximum Gasteiger partial charge on any atom is 0.253 e. The third-order valence-electron chi connectivity index (χ3n) is 10.3. The first-order valence-electron chi connectivity index (χ1n) is 16.5. The van der Waals surface area contributed by atoms with Crippen LogP contribution in [0.25, 0.3) is 0 Å². The van der Waals surface area contributed by atoms with E-state index in [2.05, 4.69) is 13.2 Å². The topological polar surface area (TPSA) is 99.6 Å². The van der Waals surface area contributed by atoms with E-state index in [1.165, 1.54) is 4.90 Å². The average Bonchev–Trinajstić information content (AvgIpc) is 3.67. The van der Waals surface area contributed by atoms with E-state index in [0.29, 0.717) is 54.4 Å². The maximum absolute atomic E-state index is 15.0. The molecular weight excluding hydrogens is 618 g/mol. The first kappa shape index (κ1) is 34.7. The number of rotatable bonds is 14. The molecule has 1 spiro atoms. The van der Waals surface area contributed by atoms with E-state index >= 15 is 4.79 Å². The van der Waals surface area contributed by atoms with Crippen LogP contribution >= 0.6 is 11.6 Å². The summed E-state index contributed by atoms with van der Waals surface area (Å²) in [5, 5.41) is 10.9. The molecule has 2 unspecified atom stereocenters. The molecule has 3 saturated heterocycles. The monoisotopic (exact) mass is 663 g/mol. The van der Waals surface area contributed by atoms with E-state index in [1.807, 2.05) is 64.1 Å². The third-order valence-corrected chi connectivity index (χ3v) is 10.6. The second-order valence-electron chi connectivity index (χ2n) is 12.6. The van der Waals surface area contributed by atoms with E-state index in [0.717, 1.165) is 5.56 Å². The lowest BCUT2D eigenvalue weighted by atomic mass is 9.64. The largest absolute Gasteiger partial charge is 0.494 e. The van der Waals surface area contributed by atoms with Crippen molar-refractivity contribution in [1.82, 2.24) is 4.90 Å². The van der Waals surface area contributed by atoms with Gasteiger partial charge in [-0.3, -0.25) is 14.4 Å². The van der Waals surface area contributed by atoms with Crippen LogP contribution in [0, 0.1) is 18.8 Å². The molecule has 1 N–H and O–H groups in total. The van der Waals surface area contributed by atoms with Gasteiger partial charge in [0.2, 0.25) is 11.8 Å². The molecule has 5 rings (SSSR count). The molecule has 3 amide bonds. The third kappa shape index (κ3) is 5.56. The van der Waals surface area contributed by atoms with Crippen molar-refractivity contribution in [2.45, 2.75) is 76.7 Å². The van der Waals surface area contributed by atoms with Gasteiger partial charge in [0.05, 0.1) is 47.4 Å². The van der Waals surface area contributed by atoms with Gasteiger partial charge in [-0.25, -0.2) is 0 Å². The zero-order valence-electron chi connectivity index (χ0n) is 27.8. The molecule has 9 nitrogen and oxygen atoms in total. The van der Waals surface area contributed by atoms with Crippen molar-refractivity contribution >= 4 is 40.7 Å². The van der Waals surface area contributed by atoms with Crippen molar-refractivity contribution < 1.29 is 29.0 Å². The Balaban J connectivity index is 1.64. The van der Waals surface area contributed by atoms with Crippen molar-refractivity contribution in [2.75, 3.05) is 36.1 Å². The fourth-order valence-electron chi connectivity index (χ4n) is 8.16. The normalized spacial score (nSPS) is 26.6. The Bertz CT molecular complexity index is 1510. The zero-order chi connectivity index (χ0) is 34.1. The lowest BCUT2D eigenvalue weighted by molar-refractivity contribution is -0.149. The molecule has 10 heteroatoms. The van der Waals surface area contributed by atoms with Gasteiger partial charge >= 0.3 is 0 Å². The SMILES string of the molecule is C=CCN(C(=O)[C@H]1[C@H]2C(=O)N([C@@H](CC)CO)C(C(=O)N(CC=C)c3c(C)cccc3Cl)C23CC[C@]1(CC)O3)c1ccc(OCC)cc1. The molecule has 0 aromatic heterocycles. The number of amides is 3. The lowest BCUT2D eigenvalue weighted by Gasteiger charge is -2.39. The number of nitrogens with zero attached hydrogens (tertiary/aromatic N) is 3. The van der Waals surface area contributed by atoms with Crippen LogP contribution in [0.3, 0.4) is 0 Å². The summed E-state index contributed by atoms with van der Waals surface area (Å²) in [4.78, 5) is 49.4. The van der Waals surface area contributed by atoms with Crippen LogP contribution in [0.1, 0.15) is 52.0 Å². The average molecular weight is 664 g/mol. The van der Waals surface area contributed by atoms with Crippen molar-refractivity contribution in [3.8, 4) is 5.75 Å². The fraction of sp³-hybridized carbons (Fsp3) is 0.486. The van der Waals surface area contributed by atoms with E-state index in [4.69, 9.17) is 21.1 Å². The molecular formula is C37H46ClN3O6. The van der Waals surface area contributed by atoms with Gasteiger partial charge in [-0.15, -0.1) is 13.2 Å². The summed E-state index contributed by atoms with van der Waals surface area (Å²) in [6, 6.07) is 10.9. The van der Waals surface area contributed by atoms with E-state index in [-0.39, 0.29) is 37.4 Å². The van der Waals surface area contributed by atoms with Gasteiger partial charge in [0.1, 0.15) is 17.4 Å². The number of ether oxygens (including phenoxy) is 2. The molecule has 0 aliphatic carbocycles. The second kappa shape index (κ2) is 13.8. The number of carbonyl (C=O) groups is 3. The number of hydrogen-bond acceptors (Lipinski definition) is 6. The quantitative estimate of drug-likeness (QED) is 0.260. The van der Waals surface area contributed by atoms with Gasteiger partial charge in [-0.1, -0.05) is 49.7 Å². The molecule has 3 aliphatic heterocycles. The molecule has 2 aromatic rings. The molecule has 47 heavy (non-hydrogen) atoms. The smallest absolute Gasteiger partial charge is 0.253 e. The lowest BCUT2D eigenvalue weighted by Crippen LogP contribution is -2.59. The predicted molar refractivity (Wildman–Crippen MR) is 184 cm³/mol. The Labute approximate surface area is 282 Å².